The Morgan fingerprint density at radius 3 is 2.48 bits per heavy atom. The van der Waals surface area contributed by atoms with Gasteiger partial charge in [0.25, 0.3) is 0 Å². The molecule has 1 atom stereocenters. The highest BCUT2D eigenvalue weighted by molar-refractivity contribution is 6.29. The van der Waals surface area contributed by atoms with Gasteiger partial charge in [-0.2, -0.15) is 0 Å². The molecule has 1 unspecified atom stereocenters. The fourth-order valence-electron chi connectivity index (χ4n) is 3.78. The third-order valence-electron chi connectivity index (χ3n) is 5.14. The Balaban J connectivity index is 1.38. The van der Waals surface area contributed by atoms with E-state index in [0.29, 0.717) is 16.8 Å². The molecule has 1 fully saturated rings. The molecular formula is C18H19ClN4O2. The number of benzene rings is 1. The molecule has 4 rings (SSSR count). The predicted molar refractivity (Wildman–Crippen MR) is 95.4 cm³/mol. The number of carboxylic acids is 1. The highest BCUT2D eigenvalue weighted by atomic mass is 35.5. The van der Waals surface area contributed by atoms with Gasteiger partial charge in [-0.15, -0.1) is 10.2 Å². The van der Waals surface area contributed by atoms with E-state index in [9.17, 15) is 4.79 Å². The van der Waals surface area contributed by atoms with E-state index in [1.54, 1.807) is 12.1 Å². The molecule has 25 heavy (non-hydrogen) atoms. The Morgan fingerprint density at radius 1 is 1.04 bits per heavy atom. The molecule has 1 saturated heterocycles. The Bertz CT molecular complexity index is 788. The summed E-state index contributed by atoms with van der Waals surface area (Å²) in [5.74, 6) is 0.00814. The molecule has 6 nitrogen and oxygen atoms in total. The van der Waals surface area contributed by atoms with Crippen molar-refractivity contribution in [3.8, 4) is 0 Å². The first-order valence-corrected chi connectivity index (χ1v) is 8.81. The van der Waals surface area contributed by atoms with Gasteiger partial charge >= 0.3 is 5.97 Å². The highest BCUT2D eigenvalue weighted by Crippen LogP contribution is 2.28. The van der Waals surface area contributed by atoms with E-state index in [1.807, 2.05) is 18.2 Å². The number of hydrogen-bond acceptors (Lipinski definition) is 5. The molecule has 1 aliphatic heterocycles. The summed E-state index contributed by atoms with van der Waals surface area (Å²) in [5, 5.41) is 17.6. The summed E-state index contributed by atoms with van der Waals surface area (Å²) in [6, 6.07) is 9.64. The Hall–Kier alpha value is -2.18. The summed E-state index contributed by atoms with van der Waals surface area (Å²) in [6.07, 6.45) is 1.92. The fraction of sp³-hybridized carbons (Fsp3) is 0.389. The first-order valence-electron chi connectivity index (χ1n) is 8.43. The number of nitrogens with zero attached hydrogens (tertiary/aromatic N) is 4. The highest BCUT2D eigenvalue weighted by Gasteiger charge is 2.30. The van der Waals surface area contributed by atoms with Crippen molar-refractivity contribution in [1.29, 1.82) is 0 Å². The molecular weight excluding hydrogens is 340 g/mol. The van der Waals surface area contributed by atoms with Crippen LogP contribution in [0.1, 0.15) is 21.5 Å². The van der Waals surface area contributed by atoms with Crippen LogP contribution in [-0.4, -0.2) is 58.4 Å². The zero-order valence-electron chi connectivity index (χ0n) is 13.7. The van der Waals surface area contributed by atoms with Gasteiger partial charge in [-0.05, 0) is 48.2 Å². The van der Waals surface area contributed by atoms with Gasteiger partial charge in [-0.3, -0.25) is 4.90 Å². The molecule has 1 aliphatic carbocycles. The summed E-state index contributed by atoms with van der Waals surface area (Å²) in [4.78, 5) is 15.9. The topological polar surface area (TPSA) is 69.6 Å². The monoisotopic (exact) mass is 358 g/mol. The zero-order valence-corrected chi connectivity index (χ0v) is 14.5. The van der Waals surface area contributed by atoms with E-state index in [2.05, 4.69) is 20.0 Å². The van der Waals surface area contributed by atoms with Crippen LogP contribution in [0.4, 0.5) is 5.82 Å². The number of fused-ring (bicyclic) bond motifs is 1. The van der Waals surface area contributed by atoms with E-state index in [-0.39, 0.29) is 0 Å². The molecule has 130 valence electrons. The molecule has 1 aromatic heterocycles. The smallest absolute Gasteiger partial charge is 0.335 e. The minimum absolute atomic E-state index is 0.380. The van der Waals surface area contributed by atoms with Crippen LogP contribution in [0.3, 0.4) is 0 Å². The Kier molecular flexibility index (Phi) is 4.31. The van der Waals surface area contributed by atoms with Crippen LogP contribution in [0.2, 0.25) is 5.15 Å². The third kappa shape index (κ3) is 3.32. The Morgan fingerprint density at radius 2 is 1.80 bits per heavy atom. The molecule has 1 N–H and O–H groups in total. The maximum Gasteiger partial charge on any atom is 0.335 e. The molecule has 2 heterocycles. The van der Waals surface area contributed by atoms with Crippen LogP contribution >= 0.6 is 11.6 Å². The van der Waals surface area contributed by atoms with Crippen molar-refractivity contribution in [3.05, 3.63) is 52.2 Å². The number of piperazine rings is 1. The van der Waals surface area contributed by atoms with Crippen molar-refractivity contribution in [1.82, 2.24) is 15.1 Å². The van der Waals surface area contributed by atoms with Crippen molar-refractivity contribution in [3.63, 3.8) is 0 Å². The SMILES string of the molecule is O=C(O)c1ccc2c(c1)CC(N1CCN(c3ccc(Cl)nn3)CC1)C2. The minimum Gasteiger partial charge on any atom is -0.478 e. The lowest BCUT2D eigenvalue weighted by atomic mass is 10.1. The van der Waals surface area contributed by atoms with Crippen molar-refractivity contribution in [2.24, 2.45) is 0 Å². The molecule has 7 heteroatoms. The van der Waals surface area contributed by atoms with Crippen LogP contribution in [0.25, 0.3) is 0 Å². The van der Waals surface area contributed by atoms with Crippen LogP contribution in [0.5, 0.6) is 0 Å². The van der Waals surface area contributed by atoms with Crippen LogP contribution < -0.4 is 4.90 Å². The summed E-state index contributed by atoms with van der Waals surface area (Å²) < 4.78 is 0. The predicted octanol–water partition coefficient (Wildman–Crippen LogP) is 2.12. The standard InChI is InChI=1S/C18H19ClN4O2/c19-16-3-4-17(21-20-16)23-7-5-22(6-8-23)15-10-12-1-2-13(18(24)25)9-14(12)11-15/h1-4,9,15H,5-8,10-11H2,(H,24,25). The van der Waals surface area contributed by atoms with Gasteiger partial charge in [0.05, 0.1) is 5.56 Å². The van der Waals surface area contributed by atoms with Crippen molar-refractivity contribution >= 4 is 23.4 Å². The van der Waals surface area contributed by atoms with Crippen molar-refractivity contribution in [2.75, 3.05) is 31.1 Å². The van der Waals surface area contributed by atoms with Gasteiger partial charge < -0.3 is 10.0 Å². The first kappa shape index (κ1) is 16.3. The minimum atomic E-state index is -0.857. The van der Waals surface area contributed by atoms with E-state index < -0.39 is 5.97 Å². The number of carboxylic acid groups (broad SMARTS) is 1. The largest absolute Gasteiger partial charge is 0.478 e. The molecule has 1 aromatic carbocycles. The van der Waals surface area contributed by atoms with E-state index >= 15 is 0 Å². The average Bonchev–Trinajstić information content (AvgIpc) is 3.05. The van der Waals surface area contributed by atoms with Crippen LogP contribution in [-0.2, 0) is 12.8 Å². The molecule has 0 spiro atoms. The lowest BCUT2D eigenvalue weighted by molar-refractivity contribution is 0.0696. The van der Waals surface area contributed by atoms with Gasteiger partial charge in [0.15, 0.2) is 11.0 Å². The summed E-state index contributed by atoms with van der Waals surface area (Å²) in [7, 11) is 0. The molecule has 0 bridgehead atoms. The van der Waals surface area contributed by atoms with E-state index in [4.69, 9.17) is 16.7 Å². The van der Waals surface area contributed by atoms with Gasteiger partial charge in [-0.25, -0.2) is 4.79 Å². The number of halogens is 1. The third-order valence-corrected chi connectivity index (χ3v) is 5.34. The van der Waals surface area contributed by atoms with Crippen LogP contribution in [0, 0.1) is 0 Å². The second-order valence-electron chi connectivity index (χ2n) is 6.59. The van der Waals surface area contributed by atoms with Gasteiger partial charge in [0.1, 0.15) is 0 Å². The average molecular weight is 359 g/mol. The summed E-state index contributed by atoms with van der Waals surface area (Å²) in [5.41, 5.74) is 2.84. The lowest BCUT2D eigenvalue weighted by Gasteiger charge is -2.38. The zero-order chi connectivity index (χ0) is 17.4. The Labute approximate surface area is 151 Å². The van der Waals surface area contributed by atoms with Gasteiger partial charge in [0, 0.05) is 32.2 Å². The first-order chi connectivity index (χ1) is 12.1. The van der Waals surface area contributed by atoms with Crippen molar-refractivity contribution in [2.45, 2.75) is 18.9 Å². The maximum atomic E-state index is 11.1. The molecule has 0 saturated carbocycles. The van der Waals surface area contributed by atoms with E-state index in [0.717, 1.165) is 44.8 Å². The second kappa shape index (κ2) is 6.61. The van der Waals surface area contributed by atoms with E-state index in [1.165, 1.54) is 11.1 Å². The maximum absolute atomic E-state index is 11.1. The van der Waals surface area contributed by atoms with Crippen LogP contribution in [0.15, 0.2) is 30.3 Å². The molecule has 2 aromatic rings. The van der Waals surface area contributed by atoms with Crippen molar-refractivity contribution < 1.29 is 9.90 Å². The number of rotatable bonds is 3. The molecule has 2 aliphatic rings. The number of aromatic nitrogens is 2. The second-order valence-corrected chi connectivity index (χ2v) is 6.98. The number of aromatic carboxylic acids is 1. The van der Waals surface area contributed by atoms with Gasteiger partial charge in [0.2, 0.25) is 0 Å². The van der Waals surface area contributed by atoms with Gasteiger partial charge in [-0.1, -0.05) is 17.7 Å². The number of hydrogen-bond donors (Lipinski definition) is 1. The normalized spacial score (nSPS) is 20.5. The number of anilines is 1. The lowest BCUT2D eigenvalue weighted by Crippen LogP contribution is -2.51. The molecule has 0 amide bonds. The fourth-order valence-corrected chi connectivity index (χ4v) is 3.88. The molecule has 0 radical (unpaired) electrons. The quantitative estimate of drug-likeness (QED) is 0.906. The number of carbonyl (C=O) groups is 1. The summed E-state index contributed by atoms with van der Waals surface area (Å²) >= 11 is 5.80. The summed E-state index contributed by atoms with van der Waals surface area (Å²) in [6.45, 7) is 3.75.